The largest absolute Gasteiger partial charge is 0.469 e. The summed E-state index contributed by atoms with van der Waals surface area (Å²) in [5.74, 6) is 12.7. The van der Waals surface area contributed by atoms with Gasteiger partial charge in [0.05, 0.1) is 7.11 Å². The molecule has 2 heteroatoms. The van der Waals surface area contributed by atoms with Crippen molar-refractivity contribution in [3.63, 3.8) is 0 Å². The summed E-state index contributed by atoms with van der Waals surface area (Å²) in [6, 6.07) is 0. The highest BCUT2D eigenvalue weighted by Crippen LogP contribution is 2.07. The molecule has 0 heterocycles. The first kappa shape index (κ1) is 19.6. The Labute approximate surface area is 131 Å². The average Bonchev–Trinajstić information content (AvgIpc) is 2.50. The van der Waals surface area contributed by atoms with Crippen molar-refractivity contribution in [2.45, 2.75) is 84.0 Å². The van der Waals surface area contributed by atoms with Crippen molar-refractivity contribution < 1.29 is 9.53 Å². The minimum atomic E-state index is -0.0985. The molecule has 0 amide bonds. The lowest BCUT2D eigenvalue weighted by molar-refractivity contribution is -0.140. The summed E-state index contributed by atoms with van der Waals surface area (Å²) >= 11 is 0. The van der Waals surface area contributed by atoms with E-state index in [1.165, 1.54) is 32.8 Å². The second-order valence-corrected chi connectivity index (χ2v) is 5.15. The molecule has 21 heavy (non-hydrogen) atoms. The van der Waals surface area contributed by atoms with Crippen LogP contribution in [0.1, 0.15) is 84.0 Å². The number of unbranched alkanes of at least 4 members (excludes halogenated alkanes) is 8. The Bertz CT molecular complexity index is 362. The van der Waals surface area contributed by atoms with E-state index in [2.05, 4.69) is 35.3 Å². The van der Waals surface area contributed by atoms with Gasteiger partial charge in [-0.2, -0.15) is 0 Å². The number of carbonyl (C=O) groups excluding carboxylic acids is 1. The van der Waals surface area contributed by atoms with E-state index in [1.807, 2.05) is 0 Å². The highest BCUT2D eigenvalue weighted by molar-refractivity contribution is 5.68. The lowest BCUT2D eigenvalue weighted by Crippen LogP contribution is -1.99. The lowest BCUT2D eigenvalue weighted by atomic mass is 10.1. The summed E-state index contributed by atoms with van der Waals surface area (Å²) in [6.07, 6.45) is 12.4. The van der Waals surface area contributed by atoms with Gasteiger partial charge in [0.25, 0.3) is 0 Å². The molecular formula is C19H30O2. The molecule has 0 bridgehead atoms. The molecular weight excluding hydrogens is 260 g/mol. The average molecular weight is 290 g/mol. The van der Waals surface area contributed by atoms with Crippen molar-refractivity contribution in [1.29, 1.82) is 0 Å². The second kappa shape index (κ2) is 16.6. The van der Waals surface area contributed by atoms with Crippen molar-refractivity contribution in [2.24, 2.45) is 0 Å². The molecule has 0 aliphatic carbocycles. The molecule has 0 aromatic heterocycles. The number of carbonyl (C=O) groups is 1. The number of rotatable bonds is 10. The highest BCUT2D eigenvalue weighted by atomic mass is 16.5. The first-order chi connectivity index (χ1) is 10.3. The molecule has 0 aliphatic rings. The van der Waals surface area contributed by atoms with Crippen LogP contribution in [-0.4, -0.2) is 13.1 Å². The van der Waals surface area contributed by atoms with Gasteiger partial charge >= 0.3 is 5.97 Å². The topological polar surface area (TPSA) is 26.3 Å². The Morgan fingerprint density at radius 1 is 0.762 bits per heavy atom. The molecule has 0 saturated heterocycles. The highest BCUT2D eigenvalue weighted by Gasteiger charge is 1.98. The van der Waals surface area contributed by atoms with E-state index in [0.29, 0.717) is 6.42 Å². The predicted molar refractivity (Wildman–Crippen MR) is 88.6 cm³/mol. The standard InChI is InChI=1S/C19H30O2/c1-3-4-5-6-7-8-9-10-11-12-13-14-15-16-17-18-19(20)21-2/h3-5,8-9,12-18H2,1-2H3. The maximum Gasteiger partial charge on any atom is 0.305 e. The van der Waals surface area contributed by atoms with Gasteiger partial charge in [-0.25, -0.2) is 0 Å². The molecule has 0 aromatic carbocycles. The molecule has 0 saturated carbocycles. The fourth-order valence-corrected chi connectivity index (χ4v) is 1.86. The molecule has 0 spiro atoms. The summed E-state index contributed by atoms with van der Waals surface area (Å²) in [6.45, 7) is 2.19. The first-order valence-electron chi connectivity index (χ1n) is 8.29. The SMILES string of the molecule is CCCCC#CCCC#CCCCCCCCC(=O)OC. The van der Waals surface area contributed by atoms with Crippen LogP contribution in [0.2, 0.25) is 0 Å². The van der Waals surface area contributed by atoms with Crippen molar-refractivity contribution in [1.82, 2.24) is 0 Å². The quantitative estimate of drug-likeness (QED) is 0.326. The molecule has 2 nitrogen and oxygen atoms in total. The maximum atomic E-state index is 10.9. The minimum Gasteiger partial charge on any atom is -0.469 e. The summed E-state index contributed by atoms with van der Waals surface area (Å²) < 4.78 is 4.60. The van der Waals surface area contributed by atoms with E-state index in [0.717, 1.165) is 44.9 Å². The van der Waals surface area contributed by atoms with Crippen LogP contribution >= 0.6 is 0 Å². The molecule has 118 valence electrons. The minimum absolute atomic E-state index is 0.0985. The van der Waals surface area contributed by atoms with Crippen LogP contribution in [0.25, 0.3) is 0 Å². The normalized spacial score (nSPS) is 9.24. The van der Waals surface area contributed by atoms with Crippen molar-refractivity contribution in [2.75, 3.05) is 7.11 Å². The van der Waals surface area contributed by atoms with Crippen LogP contribution in [0.5, 0.6) is 0 Å². The fourth-order valence-electron chi connectivity index (χ4n) is 1.86. The zero-order valence-corrected chi connectivity index (χ0v) is 13.8. The van der Waals surface area contributed by atoms with E-state index in [1.54, 1.807) is 0 Å². The van der Waals surface area contributed by atoms with Crippen LogP contribution in [0.3, 0.4) is 0 Å². The molecule has 0 radical (unpaired) electrons. The number of hydrogen-bond donors (Lipinski definition) is 0. The Kier molecular flexibility index (Phi) is 15.5. The maximum absolute atomic E-state index is 10.9. The summed E-state index contributed by atoms with van der Waals surface area (Å²) in [5, 5.41) is 0. The number of esters is 1. The molecule has 0 fully saturated rings. The summed E-state index contributed by atoms with van der Waals surface area (Å²) in [7, 11) is 1.44. The first-order valence-corrected chi connectivity index (χ1v) is 8.29. The Morgan fingerprint density at radius 3 is 1.90 bits per heavy atom. The van der Waals surface area contributed by atoms with Gasteiger partial charge in [-0.05, 0) is 19.3 Å². The third kappa shape index (κ3) is 16.5. The zero-order valence-electron chi connectivity index (χ0n) is 13.8. The third-order valence-corrected chi connectivity index (χ3v) is 3.19. The number of hydrogen-bond acceptors (Lipinski definition) is 2. The van der Waals surface area contributed by atoms with Crippen LogP contribution in [0.4, 0.5) is 0 Å². The molecule has 0 N–H and O–H groups in total. The van der Waals surface area contributed by atoms with Crippen LogP contribution in [0.15, 0.2) is 0 Å². The van der Waals surface area contributed by atoms with Crippen molar-refractivity contribution in [3.8, 4) is 23.7 Å². The predicted octanol–water partition coefficient (Wildman–Crippen LogP) is 4.87. The van der Waals surface area contributed by atoms with Crippen molar-refractivity contribution in [3.05, 3.63) is 0 Å². The van der Waals surface area contributed by atoms with Gasteiger partial charge in [0.15, 0.2) is 0 Å². The van der Waals surface area contributed by atoms with Crippen LogP contribution < -0.4 is 0 Å². The third-order valence-electron chi connectivity index (χ3n) is 3.19. The molecule has 0 unspecified atom stereocenters. The second-order valence-electron chi connectivity index (χ2n) is 5.15. The van der Waals surface area contributed by atoms with E-state index in [-0.39, 0.29) is 5.97 Å². The zero-order chi connectivity index (χ0) is 15.6. The lowest BCUT2D eigenvalue weighted by Gasteiger charge is -1.99. The molecule has 0 aromatic rings. The monoisotopic (exact) mass is 290 g/mol. The van der Waals surface area contributed by atoms with Gasteiger partial charge in [-0.3, -0.25) is 4.79 Å². The smallest absolute Gasteiger partial charge is 0.305 e. The van der Waals surface area contributed by atoms with E-state index < -0.39 is 0 Å². The number of methoxy groups -OCH3 is 1. The van der Waals surface area contributed by atoms with E-state index >= 15 is 0 Å². The molecule has 0 atom stereocenters. The van der Waals surface area contributed by atoms with Gasteiger partial charge in [-0.15, -0.1) is 23.7 Å². The fraction of sp³-hybridized carbons (Fsp3) is 0.737. The van der Waals surface area contributed by atoms with Gasteiger partial charge < -0.3 is 4.74 Å². The van der Waals surface area contributed by atoms with E-state index in [9.17, 15) is 4.79 Å². The van der Waals surface area contributed by atoms with Crippen molar-refractivity contribution >= 4 is 5.97 Å². The molecule has 0 rings (SSSR count). The Morgan fingerprint density at radius 2 is 1.29 bits per heavy atom. The summed E-state index contributed by atoms with van der Waals surface area (Å²) in [5.41, 5.74) is 0. The Hall–Kier alpha value is -1.41. The van der Waals surface area contributed by atoms with Gasteiger partial charge in [0, 0.05) is 32.1 Å². The number of ether oxygens (including phenoxy) is 1. The van der Waals surface area contributed by atoms with Gasteiger partial charge in [-0.1, -0.05) is 32.6 Å². The molecule has 0 aliphatic heterocycles. The summed E-state index contributed by atoms with van der Waals surface area (Å²) in [4.78, 5) is 10.9. The van der Waals surface area contributed by atoms with Crippen LogP contribution in [-0.2, 0) is 9.53 Å². The van der Waals surface area contributed by atoms with Crippen LogP contribution in [0, 0.1) is 23.7 Å². The van der Waals surface area contributed by atoms with E-state index in [4.69, 9.17) is 0 Å². The Balaban J connectivity index is 3.26. The van der Waals surface area contributed by atoms with Gasteiger partial charge in [0.1, 0.15) is 0 Å². The van der Waals surface area contributed by atoms with Gasteiger partial charge in [0.2, 0.25) is 0 Å².